The number of carboxylic acids is 1. The van der Waals surface area contributed by atoms with Gasteiger partial charge in [-0.15, -0.1) is 0 Å². The fraction of sp³-hybridized carbons (Fsp3) is 0.235. The van der Waals surface area contributed by atoms with Crippen LogP contribution >= 0.6 is 11.6 Å². The van der Waals surface area contributed by atoms with Gasteiger partial charge < -0.3 is 15.3 Å². The molecule has 3 aromatic carbocycles. The van der Waals surface area contributed by atoms with E-state index in [-0.39, 0.29) is 17.9 Å². The summed E-state index contributed by atoms with van der Waals surface area (Å²) in [6.07, 6.45) is 3.76. The molecule has 0 unspecified atom stereocenters. The Morgan fingerprint density at radius 2 is 1.66 bits per heavy atom. The van der Waals surface area contributed by atoms with Gasteiger partial charge in [0.2, 0.25) is 11.7 Å². The number of amides is 1. The molecular weight excluding hydrogens is 578 g/mol. The van der Waals surface area contributed by atoms with Crippen LogP contribution < -0.4 is 15.8 Å². The van der Waals surface area contributed by atoms with E-state index in [0.29, 0.717) is 48.2 Å². The van der Waals surface area contributed by atoms with Gasteiger partial charge in [0, 0.05) is 29.4 Å². The molecule has 0 bridgehead atoms. The summed E-state index contributed by atoms with van der Waals surface area (Å²) in [5.74, 6) is -0.438. The third-order valence-corrected chi connectivity index (χ3v) is 8.30. The molecule has 0 spiro atoms. The van der Waals surface area contributed by atoms with E-state index in [1.54, 1.807) is 24.4 Å². The maximum Gasteiger partial charge on any atom is 0.326 e. The van der Waals surface area contributed by atoms with Gasteiger partial charge in [-0.05, 0) is 48.9 Å². The van der Waals surface area contributed by atoms with Crippen LogP contribution in [0.5, 0.6) is 0 Å². The first kappa shape index (κ1) is 29.2. The molecule has 0 aliphatic carbocycles. The largest absolute Gasteiger partial charge is 0.480 e. The quantitative estimate of drug-likeness (QED) is 0.230. The van der Waals surface area contributed by atoms with Crippen LogP contribution in [-0.4, -0.2) is 49.6 Å². The van der Waals surface area contributed by atoms with Gasteiger partial charge in [0.1, 0.15) is 17.9 Å². The molecule has 1 aliphatic heterocycles. The number of anilines is 1. The first-order valence-corrected chi connectivity index (χ1v) is 15.0. The second-order valence-corrected chi connectivity index (χ2v) is 11.4. The normalized spacial score (nSPS) is 15.4. The lowest BCUT2D eigenvalue weighted by atomic mass is 10.0. The van der Waals surface area contributed by atoms with E-state index in [1.807, 2.05) is 82.3 Å². The van der Waals surface area contributed by atoms with E-state index >= 15 is 0 Å². The fourth-order valence-electron chi connectivity index (χ4n) is 5.79. The third-order valence-electron chi connectivity index (χ3n) is 8.05. The SMILES string of the molecule is O=C(O)[C@H](CCc1ccccc1)NC(=O)[C@@H]1CCCN1c1cc(=O)n2cc(-c3ccc(Cl)cc3)nc2n1Cc1ccccc1. The average Bonchev–Trinajstić information content (AvgIpc) is 3.71. The molecule has 2 atom stereocenters. The molecule has 0 saturated carbocycles. The summed E-state index contributed by atoms with van der Waals surface area (Å²) in [7, 11) is 0. The van der Waals surface area contributed by atoms with Crippen LogP contribution in [0.15, 0.2) is 102 Å². The zero-order chi connectivity index (χ0) is 30.6. The molecule has 2 aromatic heterocycles. The molecule has 1 amide bonds. The first-order valence-electron chi connectivity index (χ1n) is 14.6. The van der Waals surface area contributed by atoms with Gasteiger partial charge in [0.05, 0.1) is 12.2 Å². The summed E-state index contributed by atoms with van der Waals surface area (Å²) in [4.78, 5) is 46.1. The van der Waals surface area contributed by atoms with Gasteiger partial charge in [-0.25, -0.2) is 9.78 Å². The van der Waals surface area contributed by atoms with E-state index in [1.165, 1.54) is 4.40 Å². The molecule has 3 heterocycles. The molecule has 1 aliphatic rings. The summed E-state index contributed by atoms with van der Waals surface area (Å²) >= 11 is 6.10. The van der Waals surface area contributed by atoms with Crippen molar-refractivity contribution in [3.05, 3.63) is 124 Å². The van der Waals surface area contributed by atoms with Crippen LogP contribution in [0.3, 0.4) is 0 Å². The Morgan fingerprint density at radius 3 is 2.34 bits per heavy atom. The summed E-state index contributed by atoms with van der Waals surface area (Å²) < 4.78 is 3.47. The Labute approximate surface area is 259 Å². The maximum atomic E-state index is 13.7. The number of imidazole rings is 1. The smallest absolute Gasteiger partial charge is 0.326 e. The molecule has 44 heavy (non-hydrogen) atoms. The van der Waals surface area contributed by atoms with Crippen LogP contribution in [0.4, 0.5) is 5.82 Å². The van der Waals surface area contributed by atoms with Crippen LogP contribution in [0.1, 0.15) is 30.4 Å². The fourth-order valence-corrected chi connectivity index (χ4v) is 5.92. The van der Waals surface area contributed by atoms with Crippen LogP contribution in [0.25, 0.3) is 17.0 Å². The number of carbonyl (C=O) groups excluding carboxylic acids is 1. The second-order valence-electron chi connectivity index (χ2n) is 11.0. The minimum atomic E-state index is -1.08. The lowest BCUT2D eigenvalue weighted by Crippen LogP contribution is -2.50. The summed E-state index contributed by atoms with van der Waals surface area (Å²) in [6, 6.07) is 26.6. The minimum Gasteiger partial charge on any atom is -0.480 e. The minimum absolute atomic E-state index is 0.268. The number of hydrogen-bond donors (Lipinski definition) is 2. The van der Waals surface area contributed by atoms with Crippen molar-refractivity contribution in [3.8, 4) is 11.3 Å². The maximum absolute atomic E-state index is 13.7. The topological polar surface area (TPSA) is 109 Å². The first-order chi connectivity index (χ1) is 21.4. The predicted octanol–water partition coefficient (Wildman–Crippen LogP) is 5.04. The number of nitrogens with one attached hydrogen (secondary N) is 1. The van der Waals surface area contributed by atoms with Crippen molar-refractivity contribution in [1.82, 2.24) is 19.3 Å². The molecule has 0 radical (unpaired) electrons. The number of nitrogens with zero attached hydrogens (tertiary/aromatic N) is 4. The van der Waals surface area contributed by atoms with Crippen molar-refractivity contribution < 1.29 is 14.7 Å². The van der Waals surface area contributed by atoms with Crippen LogP contribution in [0.2, 0.25) is 5.02 Å². The van der Waals surface area contributed by atoms with Crippen molar-refractivity contribution in [2.45, 2.75) is 44.3 Å². The Balaban J connectivity index is 1.34. The number of rotatable bonds is 10. The van der Waals surface area contributed by atoms with Gasteiger partial charge in [-0.2, -0.15) is 0 Å². The molecule has 10 heteroatoms. The van der Waals surface area contributed by atoms with Gasteiger partial charge >= 0.3 is 5.97 Å². The number of fused-ring (bicyclic) bond motifs is 1. The number of hydrogen-bond acceptors (Lipinski definition) is 5. The predicted molar refractivity (Wildman–Crippen MR) is 170 cm³/mol. The number of halogens is 1. The Morgan fingerprint density at radius 1 is 0.977 bits per heavy atom. The molecule has 1 fully saturated rings. The lowest BCUT2D eigenvalue weighted by molar-refractivity contribution is -0.142. The highest BCUT2D eigenvalue weighted by Gasteiger charge is 2.35. The van der Waals surface area contributed by atoms with Crippen molar-refractivity contribution in [2.75, 3.05) is 11.4 Å². The highest BCUT2D eigenvalue weighted by atomic mass is 35.5. The number of carboxylic acid groups (broad SMARTS) is 1. The summed E-state index contributed by atoms with van der Waals surface area (Å²) in [5, 5.41) is 13.3. The lowest BCUT2D eigenvalue weighted by Gasteiger charge is -2.29. The Kier molecular flexibility index (Phi) is 8.47. The Bertz CT molecular complexity index is 1840. The van der Waals surface area contributed by atoms with Gasteiger partial charge in [-0.3, -0.25) is 18.6 Å². The van der Waals surface area contributed by atoms with Crippen molar-refractivity contribution in [1.29, 1.82) is 0 Å². The number of carbonyl (C=O) groups is 2. The third kappa shape index (κ3) is 6.23. The molecule has 9 nitrogen and oxygen atoms in total. The zero-order valence-corrected chi connectivity index (χ0v) is 24.7. The van der Waals surface area contributed by atoms with Gasteiger partial charge in [-0.1, -0.05) is 84.4 Å². The van der Waals surface area contributed by atoms with E-state index < -0.39 is 18.1 Å². The standard InChI is InChI=1S/C34H32ClN5O4/c35-26-16-14-25(15-17-26)28-22-40-31(41)20-30(39(34(40)37-28)21-24-10-5-2-6-11-24)38-19-7-12-29(38)32(42)36-27(33(43)44)18-13-23-8-3-1-4-9-23/h1-6,8-11,14-17,20,22,27,29H,7,12-13,18-19,21H2,(H,36,42)(H,43,44)/t27-,29-/m0/s1. The average molecular weight is 610 g/mol. The Hall–Kier alpha value is -4.89. The van der Waals surface area contributed by atoms with E-state index in [4.69, 9.17) is 16.6 Å². The number of benzene rings is 3. The van der Waals surface area contributed by atoms with Crippen molar-refractivity contribution >= 4 is 35.1 Å². The van der Waals surface area contributed by atoms with Crippen molar-refractivity contribution in [2.24, 2.45) is 0 Å². The molecule has 5 aromatic rings. The highest BCUT2D eigenvalue weighted by molar-refractivity contribution is 6.30. The molecule has 6 rings (SSSR count). The van der Waals surface area contributed by atoms with Crippen molar-refractivity contribution in [3.63, 3.8) is 0 Å². The number of aryl methyl sites for hydroxylation is 1. The molecule has 1 saturated heterocycles. The second kappa shape index (κ2) is 12.8. The summed E-state index contributed by atoms with van der Waals surface area (Å²) in [5.41, 5.74) is 3.17. The monoisotopic (exact) mass is 609 g/mol. The highest BCUT2D eigenvalue weighted by Crippen LogP contribution is 2.29. The molecular formula is C34H32ClN5O4. The molecule has 224 valence electrons. The van der Waals surface area contributed by atoms with Gasteiger partial charge in [0.15, 0.2) is 0 Å². The van der Waals surface area contributed by atoms with E-state index in [9.17, 15) is 19.5 Å². The summed E-state index contributed by atoms with van der Waals surface area (Å²) in [6.45, 7) is 0.950. The van der Waals surface area contributed by atoms with E-state index in [2.05, 4.69) is 5.32 Å². The van der Waals surface area contributed by atoms with E-state index in [0.717, 1.165) is 23.1 Å². The van der Waals surface area contributed by atoms with Crippen LogP contribution in [-0.2, 0) is 22.6 Å². The zero-order valence-electron chi connectivity index (χ0n) is 24.0. The molecule has 2 N–H and O–H groups in total. The number of aromatic nitrogens is 3. The number of aliphatic carboxylic acids is 1. The van der Waals surface area contributed by atoms with Crippen LogP contribution in [0, 0.1) is 0 Å². The van der Waals surface area contributed by atoms with Gasteiger partial charge in [0.25, 0.3) is 5.56 Å².